The first-order chi connectivity index (χ1) is 7.31. The molecule has 0 heterocycles. The summed E-state index contributed by atoms with van der Waals surface area (Å²) in [6, 6.07) is 10.3. The van der Waals surface area contributed by atoms with Crippen LogP contribution in [0.15, 0.2) is 36.9 Å². The lowest BCUT2D eigenvalue weighted by molar-refractivity contribution is 0.899. The second-order valence-corrected chi connectivity index (χ2v) is 3.36. The van der Waals surface area contributed by atoms with Crippen molar-refractivity contribution in [2.45, 2.75) is 25.8 Å². The number of nitrogens with one attached hydrogen (secondary N) is 1. The Morgan fingerprint density at radius 2 is 2.27 bits per heavy atom. The standard InChI is InChI=1S/C13H16N2/c1-3-11-7-5-6-8-13(11)15-12(4-2)9-10-14/h4-8,12,15H,2-3,9H2,1H3. The van der Waals surface area contributed by atoms with Crippen LogP contribution in [0, 0.1) is 11.3 Å². The lowest BCUT2D eigenvalue weighted by Gasteiger charge is -2.15. The van der Waals surface area contributed by atoms with Crippen LogP contribution in [0.25, 0.3) is 0 Å². The highest BCUT2D eigenvalue weighted by molar-refractivity contribution is 5.52. The first-order valence-electron chi connectivity index (χ1n) is 5.15. The number of anilines is 1. The van der Waals surface area contributed by atoms with Crippen molar-refractivity contribution in [3.05, 3.63) is 42.5 Å². The van der Waals surface area contributed by atoms with E-state index in [0.29, 0.717) is 6.42 Å². The summed E-state index contributed by atoms with van der Waals surface area (Å²) in [4.78, 5) is 0. The van der Waals surface area contributed by atoms with Crippen LogP contribution in [0.2, 0.25) is 0 Å². The smallest absolute Gasteiger partial charge is 0.0646 e. The third kappa shape index (κ3) is 3.14. The van der Waals surface area contributed by atoms with Crippen molar-refractivity contribution in [3.63, 3.8) is 0 Å². The van der Waals surface area contributed by atoms with Crippen molar-refractivity contribution in [3.8, 4) is 6.07 Å². The Bertz CT molecular complexity index is 363. The molecule has 0 aromatic heterocycles. The number of nitrogens with zero attached hydrogens (tertiary/aromatic N) is 1. The number of aryl methyl sites for hydroxylation is 1. The molecule has 0 bridgehead atoms. The zero-order chi connectivity index (χ0) is 11.1. The first-order valence-corrected chi connectivity index (χ1v) is 5.15. The normalized spacial score (nSPS) is 11.5. The van der Waals surface area contributed by atoms with Crippen molar-refractivity contribution in [1.82, 2.24) is 0 Å². The van der Waals surface area contributed by atoms with Gasteiger partial charge in [0.15, 0.2) is 0 Å². The van der Waals surface area contributed by atoms with Gasteiger partial charge in [0.2, 0.25) is 0 Å². The summed E-state index contributed by atoms with van der Waals surface area (Å²) in [7, 11) is 0. The lowest BCUT2D eigenvalue weighted by atomic mass is 10.1. The van der Waals surface area contributed by atoms with Crippen molar-refractivity contribution in [2.24, 2.45) is 0 Å². The first kappa shape index (κ1) is 11.3. The van der Waals surface area contributed by atoms with Crippen molar-refractivity contribution in [1.29, 1.82) is 5.26 Å². The van der Waals surface area contributed by atoms with Gasteiger partial charge in [-0.05, 0) is 18.1 Å². The van der Waals surface area contributed by atoms with Gasteiger partial charge in [-0.1, -0.05) is 31.2 Å². The van der Waals surface area contributed by atoms with E-state index in [-0.39, 0.29) is 6.04 Å². The van der Waals surface area contributed by atoms with Crippen LogP contribution in [0.3, 0.4) is 0 Å². The highest BCUT2D eigenvalue weighted by Gasteiger charge is 2.05. The van der Waals surface area contributed by atoms with Crippen LogP contribution >= 0.6 is 0 Å². The van der Waals surface area contributed by atoms with Crippen molar-refractivity contribution >= 4 is 5.69 Å². The van der Waals surface area contributed by atoms with E-state index in [0.717, 1.165) is 12.1 Å². The summed E-state index contributed by atoms with van der Waals surface area (Å²) in [5.74, 6) is 0. The molecule has 0 amide bonds. The number of benzene rings is 1. The van der Waals surface area contributed by atoms with Gasteiger partial charge in [0, 0.05) is 5.69 Å². The lowest BCUT2D eigenvalue weighted by Crippen LogP contribution is -2.16. The maximum absolute atomic E-state index is 8.63. The number of para-hydroxylation sites is 1. The highest BCUT2D eigenvalue weighted by atomic mass is 14.9. The van der Waals surface area contributed by atoms with Crippen LogP contribution in [0.4, 0.5) is 5.69 Å². The van der Waals surface area contributed by atoms with Gasteiger partial charge in [0.25, 0.3) is 0 Å². The summed E-state index contributed by atoms with van der Waals surface area (Å²) < 4.78 is 0. The minimum absolute atomic E-state index is 0.0303. The Morgan fingerprint density at radius 1 is 1.53 bits per heavy atom. The number of hydrogen-bond donors (Lipinski definition) is 1. The molecule has 1 aromatic carbocycles. The summed E-state index contributed by atoms with van der Waals surface area (Å²) in [5, 5.41) is 11.9. The van der Waals surface area contributed by atoms with Gasteiger partial charge in [-0.25, -0.2) is 0 Å². The minimum atomic E-state index is 0.0303. The van der Waals surface area contributed by atoms with Crippen LogP contribution < -0.4 is 5.32 Å². The van der Waals surface area contributed by atoms with E-state index < -0.39 is 0 Å². The molecule has 1 rings (SSSR count). The van der Waals surface area contributed by atoms with E-state index in [2.05, 4.69) is 31.0 Å². The van der Waals surface area contributed by atoms with Gasteiger partial charge < -0.3 is 5.32 Å². The van der Waals surface area contributed by atoms with E-state index in [9.17, 15) is 0 Å². The Morgan fingerprint density at radius 3 is 2.87 bits per heavy atom. The Labute approximate surface area is 91.2 Å². The quantitative estimate of drug-likeness (QED) is 0.741. The Balaban J connectivity index is 2.78. The Hall–Kier alpha value is -1.75. The van der Waals surface area contributed by atoms with E-state index in [1.54, 1.807) is 6.08 Å². The fourth-order valence-electron chi connectivity index (χ4n) is 1.46. The molecule has 0 radical (unpaired) electrons. The molecule has 0 spiro atoms. The SMILES string of the molecule is C=CC(CC#N)Nc1ccccc1CC. The molecule has 0 saturated carbocycles. The second kappa shape index (κ2) is 5.87. The highest BCUT2D eigenvalue weighted by Crippen LogP contribution is 2.17. The van der Waals surface area contributed by atoms with Gasteiger partial charge >= 0.3 is 0 Å². The molecule has 1 atom stereocenters. The predicted molar refractivity (Wildman–Crippen MR) is 63.7 cm³/mol. The third-order valence-corrected chi connectivity index (χ3v) is 2.33. The monoisotopic (exact) mass is 200 g/mol. The van der Waals surface area contributed by atoms with Gasteiger partial charge in [-0.15, -0.1) is 6.58 Å². The summed E-state index contributed by atoms with van der Waals surface area (Å²) >= 11 is 0. The zero-order valence-corrected chi connectivity index (χ0v) is 9.03. The molecular weight excluding hydrogens is 184 g/mol. The number of rotatable bonds is 5. The minimum Gasteiger partial charge on any atom is -0.378 e. The van der Waals surface area contributed by atoms with Gasteiger partial charge in [-0.2, -0.15) is 5.26 Å². The molecule has 0 aliphatic carbocycles. The summed E-state index contributed by atoms with van der Waals surface area (Å²) in [6.07, 6.45) is 3.21. The van der Waals surface area contributed by atoms with Gasteiger partial charge in [-0.3, -0.25) is 0 Å². The summed E-state index contributed by atoms with van der Waals surface area (Å²) in [5.41, 5.74) is 2.36. The maximum Gasteiger partial charge on any atom is 0.0646 e. The third-order valence-electron chi connectivity index (χ3n) is 2.33. The largest absolute Gasteiger partial charge is 0.378 e. The van der Waals surface area contributed by atoms with E-state index in [1.807, 2.05) is 18.2 Å². The average Bonchev–Trinajstić information content (AvgIpc) is 2.29. The molecule has 1 N–H and O–H groups in total. The topological polar surface area (TPSA) is 35.8 Å². The van der Waals surface area contributed by atoms with E-state index in [1.165, 1.54) is 5.56 Å². The van der Waals surface area contributed by atoms with Crippen molar-refractivity contribution < 1.29 is 0 Å². The molecule has 78 valence electrons. The molecule has 0 fully saturated rings. The Kier molecular flexibility index (Phi) is 4.43. The van der Waals surface area contributed by atoms with Crippen molar-refractivity contribution in [2.75, 3.05) is 5.32 Å². The predicted octanol–water partition coefficient (Wildman–Crippen LogP) is 3.13. The molecule has 1 aromatic rings. The van der Waals surface area contributed by atoms with Crippen LogP contribution in [-0.2, 0) is 6.42 Å². The molecule has 0 aliphatic heterocycles. The molecule has 0 saturated heterocycles. The van der Waals surface area contributed by atoms with Crippen LogP contribution in [0.5, 0.6) is 0 Å². The van der Waals surface area contributed by atoms with Crippen LogP contribution in [0.1, 0.15) is 18.9 Å². The maximum atomic E-state index is 8.63. The van der Waals surface area contributed by atoms with E-state index >= 15 is 0 Å². The molecule has 1 unspecified atom stereocenters. The van der Waals surface area contributed by atoms with Gasteiger partial charge in [0.05, 0.1) is 18.5 Å². The number of nitriles is 1. The van der Waals surface area contributed by atoms with E-state index in [4.69, 9.17) is 5.26 Å². The van der Waals surface area contributed by atoms with Crippen LogP contribution in [-0.4, -0.2) is 6.04 Å². The number of hydrogen-bond acceptors (Lipinski definition) is 2. The average molecular weight is 200 g/mol. The fourth-order valence-corrected chi connectivity index (χ4v) is 1.46. The molecule has 2 heteroatoms. The second-order valence-electron chi connectivity index (χ2n) is 3.36. The molecule has 0 aliphatic rings. The molecule has 15 heavy (non-hydrogen) atoms. The molecule has 2 nitrogen and oxygen atoms in total. The zero-order valence-electron chi connectivity index (χ0n) is 9.03. The summed E-state index contributed by atoms with van der Waals surface area (Å²) in [6.45, 7) is 5.84. The molecular formula is C13H16N2. The van der Waals surface area contributed by atoms with Gasteiger partial charge in [0.1, 0.15) is 0 Å². The fraction of sp³-hybridized carbons (Fsp3) is 0.308.